The summed E-state index contributed by atoms with van der Waals surface area (Å²) in [4.78, 5) is 0. The van der Waals surface area contributed by atoms with Gasteiger partial charge in [-0.3, -0.25) is 0 Å². The first kappa shape index (κ1) is 13.1. The summed E-state index contributed by atoms with van der Waals surface area (Å²) in [6, 6.07) is 18.6. The molecule has 0 aliphatic rings. The lowest BCUT2D eigenvalue weighted by Crippen LogP contribution is -2.26. The van der Waals surface area contributed by atoms with Crippen LogP contribution in [0.15, 0.2) is 54.6 Å². The van der Waals surface area contributed by atoms with Gasteiger partial charge < -0.3 is 5.73 Å². The topological polar surface area (TPSA) is 26.0 Å². The molecule has 0 aliphatic carbocycles. The molecule has 2 aromatic carbocycles. The zero-order chi connectivity index (χ0) is 13.0. The highest BCUT2D eigenvalue weighted by atomic mass is 35.5. The van der Waals surface area contributed by atoms with Crippen LogP contribution in [-0.4, -0.2) is 6.04 Å². The van der Waals surface area contributed by atoms with E-state index in [9.17, 15) is 0 Å². The molecule has 0 bridgehead atoms. The Hall–Kier alpha value is -1.31. The van der Waals surface area contributed by atoms with Gasteiger partial charge in [0.05, 0.1) is 0 Å². The third-order valence-electron chi connectivity index (χ3n) is 3.23. The third kappa shape index (κ3) is 3.34. The van der Waals surface area contributed by atoms with Crippen LogP contribution in [0, 0.1) is 0 Å². The summed E-state index contributed by atoms with van der Waals surface area (Å²) in [5.74, 6) is 0.340. The largest absolute Gasteiger partial charge is 0.327 e. The molecule has 0 fully saturated rings. The van der Waals surface area contributed by atoms with Crippen molar-refractivity contribution in [2.45, 2.75) is 25.3 Å². The first-order valence-corrected chi connectivity index (χ1v) is 6.59. The van der Waals surface area contributed by atoms with E-state index in [0.717, 1.165) is 11.4 Å². The van der Waals surface area contributed by atoms with Gasteiger partial charge in [-0.2, -0.15) is 0 Å². The fourth-order valence-corrected chi connectivity index (χ4v) is 2.31. The zero-order valence-corrected chi connectivity index (χ0v) is 11.3. The van der Waals surface area contributed by atoms with Gasteiger partial charge in [-0.25, -0.2) is 0 Å². The summed E-state index contributed by atoms with van der Waals surface area (Å²) in [5, 5.41) is 0.774. The lowest BCUT2D eigenvalue weighted by molar-refractivity contribution is 0.565. The quantitative estimate of drug-likeness (QED) is 0.882. The van der Waals surface area contributed by atoms with Gasteiger partial charge in [0.25, 0.3) is 0 Å². The smallest absolute Gasteiger partial charge is 0.0406 e. The molecular formula is C16H18ClN. The minimum Gasteiger partial charge on any atom is -0.327 e. The van der Waals surface area contributed by atoms with Crippen LogP contribution in [0.1, 0.15) is 24.0 Å². The highest BCUT2D eigenvalue weighted by Gasteiger charge is 2.16. The van der Waals surface area contributed by atoms with Crippen LogP contribution in [0.2, 0.25) is 5.02 Å². The molecule has 0 unspecified atom stereocenters. The van der Waals surface area contributed by atoms with Crippen molar-refractivity contribution in [3.63, 3.8) is 0 Å². The molecule has 0 aliphatic heterocycles. The Labute approximate surface area is 114 Å². The van der Waals surface area contributed by atoms with Crippen molar-refractivity contribution in [1.29, 1.82) is 0 Å². The minimum atomic E-state index is 0.128. The Morgan fingerprint density at radius 1 is 1.00 bits per heavy atom. The molecule has 2 rings (SSSR count). The SMILES string of the molecule is C[C@H](N)[C@@H](Cc1ccc(Cl)cc1)c1ccccc1. The molecule has 94 valence electrons. The number of halogens is 1. The first-order valence-electron chi connectivity index (χ1n) is 6.22. The molecule has 0 heterocycles. The number of rotatable bonds is 4. The van der Waals surface area contributed by atoms with Crippen molar-refractivity contribution in [2.75, 3.05) is 0 Å². The first-order chi connectivity index (χ1) is 8.66. The standard InChI is InChI=1S/C16H18ClN/c1-12(18)16(14-5-3-2-4-6-14)11-13-7-9-15(17)10-8-13/h2-10,12,16H,11,18H2,1H3/t12-,16+/m0/s1. The second kappa shape index (κ2) is 6.03. The Kier molecular flexibility index (Phi) is 4.40. The Balaban J connectivity index is 2.19. The highest BCUT2D eigenvalue weighted by molar-refractivity contribution is 6.30. The van der Waals surface area contributed by atoms with Gasteiger partial charge in [-0.05, 0) is 36.6 Å². The van der Waals surface area contributed by atoms with Crippen molar-refractivity contribution in [1.82, 2.24) is 0 Å². The van der Waals surface area contributed by atoms with E-state index in [1.54, 1.807) is 0 Å². The van der Waals surface area contributed by atoms with E-state index in [1.165, 1.54) is 11.1 Å². The van der Waals surface area contributed by atoms with E-state index in [1.807, 2.05) is 18.2 Å². The lowest BCUT2D eigenvalue weighted by Gasteiger charge is -2.21. The fourth-order valence-electron chi connectivity index (χ4n) is 2.18. The summed E-state index contributed by atoms with van der Waals surface area (Å²) >= 11 is 5.90. The maximum atomic E-state index is 6.12. The third-order valence-corrected chi connectivity index (χ3v) is 3.48. The number of nitrogens with two attached hydrogens (primary N) is 1. The average Bonchev–Trinajstić information content (AvgIpc) is 2.38. The predicted octanol–water partition coefficient (Wildman–Crippen LogP) is 4.01. The molecule has 2 aromatic rings. The van der Waals surface area contributed by atoms with Gasteiger partial charge in [-0.15, -0.1) is 0 Å². The lowest BCUT2D eigenvalue weighted by atomic mass is 9.87. The Morgan fingerprint density at radius 2 is 1.61 bits per heavy atom. The predicted molar refractivity (Wildman–Crippen MR) is 78.0 cm³/mol. The molecular weight excluding hydrogens is 242 g/mol. The molecule has 0 aromatic heterocycles. The van der Waals surface area contributed by atoms with Crippen LogP contribution in [0.5, 0.6) is 0 Å². The second-order valence-electron chi connectivity index (χ2n) is 4.71. The van der Waals surface area contributed by atoms with Crippen LogP contribution in [0.25, 0.3) is 0 Å². The number of hydrogen-bond acceptors (Lipinski definition) is 1. The van der Waals surface area contributed by atoms with E-state index >= 15 is 0 Å². The number of hydrogen-bond donors (Lipinski definition) is 1. The molecule has 0 spiro atoms. The highest BCUT2D eigenvalue weighted by Crippen LogP contribution is 2.24. The molecule has 0 saturated carbocycles. The van der Waals surface area contributed by atoms with Crippen molar-refractivity contribution < 1.29 is 0 Å². The zero-order valence-electron chi connectivity index (χ0n) is 10.5. The van der Waals surface area contributed by atoms with Crippen LogP contribution < -0.4 is 5.73 Å². The van der Waals surface area contributed by atoms with E-state index in [-0.39, 0.29) is 6.04 Å². The van der Waals surface area contributed by atoms with Crippen LogP contribution >= 0.6 is 11.6 Å². The van der Waals surface area contributed by atoms with Gasteiger partial charge >= 0.3 is 0 Å². The fraction of sp³-hybridized carbons (Fsp3) is 0.250. The summed E-state index contributed by atoms with van der Waals surface area (Å²) < 4.78 is 0. The summed E-state index contributed by atoms with van der Waals surface area (Å²) in [7, 11) is 0. The van der Waals surface area contributed by atoms with Gasteiger partial charge in [0.2, 0.25) is 0 Å². The number of benzene rings is 2. The van der Waals surface area contributed by atoms with E-state index in [0.29, 0.717) is 5.92 Å². The maximum Gasteiger partial charge on any atom is 0.0406 e. The minimum absolute atomic E-state index is 0.128. The normalized spacial score (nSPS) is 14.2. The molecule has 0 saturated heterocycles. The molecule has 18 heavy (non-hydrogen) atoms. The van der Waals surface area contributed by atoms with Crippen molar-refractivity contribution in [3.8, 4) is 0 Å². The van der Waals surface area contributed by atoms with E-state index < -0.39 is 0 Å². The summed E-state index contributed by atoms with van der Waals surface area (Å²) in [5.41, 5.74) is 8.68. The van der Waals surface area contributed by atoms with Crippen LogP contribution in [0.4, 0.5) is 0 Å². The van der Waals surface area contributed by atoms with E-state index in [4.69, 9.17) is 17.3 Å². The van der Waals surface area contributed by atoms with Gasteiger partial charge in [-0.1, -0.05) is 54.1 Å². The van der Waals surface area contributed by atoms with Gasteiger partial charge in [0.1, 0.15) is 0 Å². The van der Waals surface area contributed by atoms with Gasteiger partial charge in [0, 0.05) is 17.0 Å². The van der Waals surface area contributed by atoms with E-state index in [2.05, 4.69) is 43.3 Å². The molecule has 0 radical (unpaired) electrons. The Bertz CT molecular complexity index is 476. The molecule has 2 N–H and O–H groups in total. The molecule has 1 nitrogen and oxygen atoms in total. The molecule has 2 atom stereocenters. The van der Waals surface area contributed by atoms with Crippen molar-refractivity contribution in [2.24, 2.45) is 5.73 Å². The van der Waals surface area contributed by atoms with Crippen LogP contribution in [-0.2, 0) is 6.42 Å². The summed E-state index contributed by atoms with van der Waals surface area (Å²) in [6.45, 7) is 2.06. The Morgan fingerprint density at radius 3 is 2.17 bits per heavy atom. The molecule has 0 amide bonds. The monoisotopic (exact) mass is 259 g/mol. The average molecular weight is 260 g/mol. The van der Waals surface area contributed by atoms with Crippen molar-refractivity contribution in [3.05, 3.63) is 70.7 Å². The molecule has 2 heteroatoms. The van der Waals surface area contributed by atoms with Crippen LogP contribution in [0.3, 0.4) is 0 Å². The second-order valence-corrected chi connectivity index (χ2v) is 5.14. The van der Waals surface area contributed by atoms with Gasteiger partial charge in [0.15, 0.2) is 0 Å². The van der Waals surface area contributed by atoms with Crippen molar-refractivity contribution >= 4 is 11.6 Å². The maximum absolute atomic E-state index is 6.12. The summed E-state index contributed by atoms with van der Waals surface area (Å²) in [6.07, 6.45) is 0.943.